The summed E-state index contributed by atoms with van der Waals surface area (Å²) in [5.74, 6) is 1.95. The lowest BCUT2D eigenvalue weighted by Gasteiger charge is -2.33. The van der Waals surface area contributed by atoms with Crippen molar-refractivity contribution in [2.45, 2.75) is 13.3 Å². The van der Waals surface area contributed by atoms with Crippen molar-refractivity contribution in [2.24, 2.45) is 0 Å². The number of hydrogen-bond donors (Lipinski definition) is 1. The molecule has 0 unspecified atom stereocenters. The number of fused-ring (bicyclic) bond motifs is 1. The Labute approximate surface area is 135 Å². The van der Waals surface area contributed by atoms with Gasteiger partial charge in [-0.25, -0.2) is 9.97 Å². The van der Waals surface area contributed by atoms with Gasteiger partial charge in [-0.1, -0.05) is 30.3 Å². The third-order valence-electron chi connectivity index (χ3n) is 3.79. The van der Waals surface area contributed by atoms with Gasteiger partial charge in [0.2, 0.25) is 0 Å². The lowest BCUT2D eigenvalue weighted by Crippen LogP contribution is -2.38. The predicted molar refractivity (Wildman–Crippen MR) is 90.9 cm³/mol. The number of nitrogens with one attached hydrogen (secondary N) is 1. The van der Waals surface area contributed by atoms with E-state index in [1.807, 2.05) is 25.1 Å². The molecule has 116 valence electrons. The number of aromatic amines is 1. The molecule has 1 aromatic carbocycles. The first-order valence-electron chi connectivity index (χ1n) is 6.99. The number of aromatic nitrogens is 3. The first kappa shape index (κ1) is 16.3. The van der Waals surface area contributed by atoms with Gasteiger partial charge in [0.25, 0.3) is 0 Å². The lowest BCUT2D eigenvalue weighted by atomic mass is 10.1. The van der Waals surface area contributed by atoms with Crippen LogP contribution in [0.5, 0.6) is 0 Å². The zero-order valence-corrected chi connectivity index (χ0v) is 13.2. The van der Waals surface area contributed by atoms with E-state index >= 15 is 0 Å². The minimum Gasteiger partial charge on any atom is -0.412 e. The molecule has 3 heterocycles. The van der Waals surface area contributed by atoms with Gasteiger partial charge in [-0.15, -0.1) is 12.4 Å². The molecule has 0 atom stereocenters. The van der Waals surface area contributed by atoms with Crippen molar-refractivity contribution >= 4 is 18.2 Å². The third-order valence-corrected chi connectivity index (χ3v) is 3.79. The Hall–Kier alpha value is -2.11. The van der Waals surface area contributed by atoms with E-state index in [-0.39, 0.29) is 17.9 Å². The summed E-state index contributed by atoms with van der Waals surface area (Å²) in [6.07, 6.45) is 1.24. The molecule has 1 aromatic rings. The van der Waals surface area contributed by atoms with Crippen LogP contribution in [-0.4, -0.2) is 33.5 Å². The zero-order valence-electron chi connectivity index (χ0n) is 12.3. The van der Waals surface area contributed by atoms with Crippen LogP contribution in [0.25, 0.3) is 22.6 Å². The number of halogens is 1. The van der Waals surface area contributed by atoms with E-state index < -0.39 is 0 Å². The van der Waals surface area contributed by atoms with Crippen LogP contribution >= 0.6 is 12.4 Å². The third kappa shape index (κ3) is 2.65. The Morgan fingerprint density at radius 2 is 1.82 bits per heavy atom. The second-order valence-corrected chi connectivity index (χ2v) is 5.26. The molecule has 0 amide bonds. The molecule has 0 bridgehead atoms. The summed E-state index contributed by atoms with van der Waals surface area (Å²) in [5.41, 5.74) is 4.20. The maximum absolute atomic E-state index is 4.79. The normalized spacial score (nSPS) is 13.2. The Morgan fingerprint density at radius 3 is 2.45 bits per heavy atom. The fraction of sp³-hybridized carbons (Fsp3) is 0.250. The molecule has 0 spiro atoms. The van der Waals surface area contributed by atoms with Gasteiger partial charge >= 0.3 is 0 Å². The monoisotopic (exact) mass is 318 g/mol. The number of aryl methyl sites for hydroxylation is 1. The summed E-state index contributed by atoms with van der Waals surface area (Å²) in [5, 5.41) is 0. The zero-order chi connectivity index (χ0) is 13.5. The van der Waals surface area contributed by atoms with Crippen LogP contribution in [0.4, 0.5) is 5.82 Å². The molecule has 22 heavy (non-hydrogen) atoms. The molecule has 4 rings (SSSR count). The second-order valence-electron chi connectivity index (χ2n) is 5.26. The van der Waals surface area contributed by atoms with Crippen LogP contribution in [0.1, 0.15) is 12.2 Å². The first-order chi connectivity index (χ1) is 9.81. The number of H-pyrrole nitrogens is 1. The molecule has 3 aliphatic heterocycles. The van der Waals surface area contributed by atoms with Crippen LogP contribution in [0.3, 0.4) is 0 Å². The number of nitrogens with zero attached hydrogens (tertiary/aromatic N) is 3. The SMILES string of the molecule is Cc1nc(N2CCC2)c2nc(-c3ccccc3)cc-2[nH]1.Cl.O. The van der Waals surface area contributed by atoms with E-state index in [2.05, 4.69) is 33.1 Å². The first-order valence-corrected chi connectivity index (χ1v) is 6.99. The van der Waals surface area contributed by atoms with Crippen molar-refractivity contribution in [3.63, 3.8) is 0 Å². The minimum atomic E-state index is 0. The molecule has 6 heteroatoms. The Balaban J connectivity index is 0.000000882. The highest BCUT2D eigenvalue weighted by Gasteiger charge is 2.24. The highest BCUT2D eigenvalue weighted by Crippen LogP contribution is 2.34. The molecule has 1 fully saturated rings. The smallest absolute Gasteiger partial charge is 0.158 e. The van der Waals surface area contributed by atoms with Gasteiger partial charge in [0.15, 0.2) is 5.82 Å². The molecule has 0 aromatic heterocycles. The number of hydrogen-bond acceptors (Lipinski definition) is 3. The van der Waals surface area contributed by atoms with Gasteiger partial charge in [0.05, 0.1) is 11.4 Å². The van der Waals surface area contributed by atoms with E-state index in [1.54, 1.807) is 0 Å². The van der Waals surface area contributed by atoms with Crippen molar-refractivity contribution < 1.29 is 5.48 Å². The topological polar surface area (TPSA) is 76.3 Å². The molecule has 0 aliphatic carbocycles. The molecular formula is C16H19ClN4O. The highest BCUT2D eigenvalue weighted by atomic mass is 35.5. The van der Waals surface area contributed by atoms with Crippen LogP contribution in [0, 0.1) is 6.92 Å². The van der Waals surface area contributed by atoms with Gasteiger partial charge in [0, 0.05) is 18.7 Å². The highest BCUT2D eigenvalue weighted by molar-refractivity contribution is 5.85. The quantitative estimate of drug-likeness (QED) is 0.789. The molecule has 3 aliphatic rings. The van der Waals surface area contributed by atoms with Gasteiger partial charge in [-0.2, -0.15) is 0 Å². The van der Waals surface area contributed by atoms with Crippen LogP contribution in [-0.2, 0) is 0 Å². The van der Waals surface area contributed by atoms with Crippen molar-refractivity contribution in [3.05, 3.63) is 42.2 Å². The van der Waals surface area contributed by atoms with Gasteiger partial charge in [-0.05, 0) is 19.4 Å². The average molecular weight is 319 g/mol. The molecule has 0 radical (unpaired) electrons. The summed E-state index contributed by atoms with van der Waals surface area (Å²) >= 11 is 0. The van der Waals surface area contributed by atoms with E-state index in [9.17, 15) is 0 Å². The van der Waals surface area contributed by atoms with E-state index in [1.165, 1.54) is 6.42 Å². The standard InChI is InChI=1S/C16H16N4.ClH.H2O/c1-11-17-14-10-13(12-6-3-2-4-7-12)19-15(14)16(18-11)20-8-5-9-20;;/h2-4,6-7,10H,5,8-9H2,1H3,(H,17,18);1H;1H2. The largest absolute Gasteiger partial charge is 0.412 e. The molecule has 3 N–H and O–H groups in total. The molecular weight excluding hydrogens is 300 g/mol. The Morgan fingerprint density at radius 1 is 1.09 bits per heavy atom. The maximum Gasteiger partial charge on any atom is 0.158 e. The van der Waals surface area contributed by atoms with Gasteiger partial charge in [-0.3, -0.25) is 0 Å². The van der Waals surface area contributed by atoms with Gasteiger partial charge < -0.3 is 15.4 Å². The fourth-order valence-corrected chi connectivity index (χ4v) is 2.62. The Bertz CT molecular complexity index is 725. The lowest BCUT2D eigenvalue weighted by molar-refractivity contribution is 0.607. The van der Waals surface area contributed by atoms with E-state index in [0.717, 1.165) is 47.4 Å². The summed E-state index contributed by atoms with van der Waals surface area (Å²) in [4.78, 5) is 15.0. The summed E-state index contributed by atoms with van der Waals surface area (Å²) in [6.45, 7) is 4.16. The molecule has 1 saturated heterocycles. The Kier molecular flexibility index (Phi) is 4.68. The van der Waals surface area contributed by atoms with E-state index in [0.29, 0.717) is 0 Å². The van der Waals surface area contributed by atoms with Crippen LogP contribution < -0.4 is 4.90 Å². The van der Waals surface area contributed by atoms with Crippen molar-refractivity contribution in [1.82, 2.24) is 15.0 Å². The van der Waals surface area contributed by atoms with E-state index in [4.69, 9.17) is 4.98 Å². The maximum atomic E-state index is 4.79. The fourth-order valence-electron chi connectivity index (χ4n) is 2.62. The summed E-state index contributed by atoms with van der Waals surface area (Å²) < 4.78 is 0. The number of benzene rings is 1. The predicted octanol–water partition coefficient (Wildman–Crippen LogP) is 2.69. The number of rotatable bonds is 2. The summed E-state index contributed by atoms with van der Waals surface area (Å²) in [6, 6.07) is 12.4. The summed E-state index contributed by atoms with van der Waals surface area (Å²) in [7, 11) is 0. The van der Waals surface area contributed by atoms with Crippen molar-refractivity contribution in [3.8, 4) is 22.6 Å². The van der Waals surface area contributed by atoms with Crippen LogP contribution in [0.2, 0.25) is 0 Å². The number of anilines is 1. The average Bonchev–Trinajstić information content (AvgIpc) is 2.81. The van der Waals surface area contributed by atoms with Crippen molar-refractivity contribution in [1.29, 1.82) is 0 Å². The van der Waals surface area contributed by atoms with Crippen molar-refractivity contribution in [2.75, 3.05) is 18.0 Å². The second kappa shape index (κ2) is 6.34. The minimum absolute atomic E-state index is 0. The molecule has 0 saturated carbocycles. The van der Waals surface area contributed by atoms with Gasteiger partial charge in [0.1, 0.15) is 11.5 Å². The molecule has 5 nitrogen and oxygen atoms in total. The van der Waals surface area contributed by atoms with Crippen LogP contribution in [0.15, 0.2) is 36.4 Å².